The lowest BCUT2D eigenvalue weighted by Crippen LogP contribution is -2.35. The maximum Gasteiger partial charge on any atom is 0.331 e. The molecule has 21 heavy (non-hydrogen) atoms. The molecule has 0 aromatic heterocycles. The van der Waals surface area contributed by atoms with E-state index in [0.717, 1.165) is 12.8 Å². The van der Waals surface area contributed by atoms with Crippen molar-refractivity contribution < 1.29 is 9.53 Å². The van der Waals surface area contributed by atoms with Crippen LogP contribution in [-0.2, 0) is 14.9 Å². The molecule has 0 amide bonds. The highest BCUT2D eigenvalue weighted by atomic mass is 16.5. The molecule has 0 saturated heterocycles. The fraction of sp³-hybridized carbons (Fsp3) is 0.444. The Hall–Kier alpha value is -2.08. The first kappa shape index (κ1) is 17.0. The normalized spacial score (nSPS) is 13.6. The number of hydrogen-bond acceptors (Lipinski definition) is 3. The van der Waals surface area contributed by atoms with Crippen molar-refractivity contribution in [2.45, 2.75) is 44.4 Å². The van der Waals surface area contributed by atoms with Crippen molar-refractivity contribution in [1.29, 1.82) is 5.26 Å². The zero-order valence-corrected chi connectivity index (χ0v) is 12.8. The highest BCUT2D eigenvalue weighted by Crippen LogP contribution is 2.29. The Morgan fingerprint density at radius 1 is 1.29 bits per heavy atom. The topological polar surface area (TPSA) is 50.1 Å². The Labute approximate surface area is 127 Å². The minimum atomic E-state index is -1.25. The van der Waals surface area contributed by atoms with Gasteiger partial charge in [-0.05, 0) is 24.8 Å². The second-order valence-electron chi connectivity index (χ2n) is 5.05. The van der Waals surface area contributed by atoms with Crippen molar-refractivity contribution in [3.05, 3.63) is 48.0 Å². The number of carbonyl (C=O) groups excluding carboxylic acids is 1. The van der Waals surface area contributed by atoms with Crippen LogP contribution in [0.25, 0.3) is 0 Å². The first-order valence-electron chi connectivity index (χ1n) is 7.41. The summed E-state index contributed by atoms with van der Waals surface area (Å²) in [6.07, 6.45) is 8.80. The van der Waals surface area contributed by atoms with E-state index in [0.29, 0.717) is 12.0 Å². The van der Waals surface area contributed by atoms with Crippen LogP contribution in [0.1, 0.15) is 44.6 Å². The molecule has 3 heteroatoms. The highest BCUT2D eigenvalue weighted by molar-refractivity contribution is 5.87. The van der Waals surface area contributed by atoms with Gasteiger partial charge in [0, 0.05) is 0 Å². The summed E-state index contributed by atoms with van der Waals surface area (Å²) in [5, 5.41) is 9.59. The Balaban J connectivity index is 2.89. The predicted molar refractivity (Wildman–Crippen MR) is 83.6 cm³/mol. The maximum absolute atomic E-state index is 12.2. The summed E-state index contributed by atoms with van der Waals surface area (Å²) in [6, 6.07) is 11.3. The molecule has 0 saturated carbocycles. The molecular weight excluding hydrogens is 262 g/mol. The Kier molecular flexibility index (Phi) is 7.25. The van der Waals surface area contributed by atoms with Crippen LogP contribution in [0.15, 0.2) is 42.5 Å². The van der Waals surface area contributed by atoms with Crippen LogP contribution in [-0.4, -0.2) is 13.1 Å². The van der Waals surface area contributed by atoms with Gasteiger partial charge in [-0.3, -0.25) is 0 Å². The van der Waals surface area contributed by atoms with Crippen LogP contribution in [0, 0.1) is 11.3 Å². The minimum absolute atomic E-state index is 0.340. The van der Waals surface area contributed by atoms with E-state index in [4.69, 9.17) is 4.74 Å². The molecule has 0 aliphatic carbocycles. The Morgan fingerprint density at radius 2 is 2.00 bits per heavy atom. The van der Waals surface area contributed by atoms with Crippen molar-refractivity contribution in [3.8, 4) is 6.07 Å². The first-order chi connectivity index (χ1) is 10.2. The van der Waals surface area contributed by atoms with E-state index in [9.17, 15) is 10.1 Å². The van der Waals surface area contributed by atoms with E-state index >= 15 is 0 Å². The standard InChI is InChI=1S/C18H23NO2/c1-3-4-5-6-7-11-14-18(15-19,17(20)21-2)16-12-9-8-10-13-16/h7-13H,3-6,14H2,1-2H3/b11-7+/t18-/m0/s1. The lowest BCUT2D eigenvalue weighted by atomic mass is 9.78. The number of hydrogen-bond donors (Lipinski definition) is 0. The van der Waals surface area contributed by atoms with E-state index < -0.39 is 11.4 Å². The SMILES string of the molecule is CCCCC/C=C/C[C@@](C#N)(C(=O)OC)c1ccccc1. The summed E-state index contributed by atoms with van der Waals surface area (Å²) < 4.78 is 4.86. The molecule has 0 unspecified atom stereocenters. The molecule has 0 N–H and O–H groups in total. The van der Waals surface area contributed by atoms with E-state index in [2.05, 4.69) is 13.0 Å². The van der Waals surface area contributed by atoms with Crippen LogP contribution in [0.5, 0.6) is 0 Å². The number of rotatable bonds is 8. The van der Waals surface area contributed by atoms with E-state index in [-0.39, 0.29) is 0 Å². The molecule has 3 nitrogen and oxygen atoms in total. The van der Waals surface area contributed by atoms with Gasteiger partial charge in [-0.25, -0.2) is 4.79 Å². The molecule has 0 radical (unpaired) electrons. The zero-order chi connectivity index (χ0) is 15.6. The third-order valence-electron chi connectivity index (χ3n) is 3.56. The average molecular weight is 285 g/mol. The predicted octanol–water partition coefficient (Wildman–Crippen LogP) is 4.15. The molecule has 0 spiro atoms. The van der Waals surface area contributed by atoms with E-state index in [1.54, 1.807) is 12.1 Å². The Morgan fingerprint density at radius 3 is 2.57 bits per heavy atom. The van der Waals surface area contributed by atoms with Gasteiger partial charge in [-0.2, -0.15) is 5.26 Å². The number of methoxy groups -OCH3 is 1. The van der Waals surface area contributed by atoms with Crippen LogP contribution in [0.4, 0.5) is 0 Å². The van der Waals surface area contributed by atoms with E-state index in [1.807, 2.05) is 30.4 Å². The van der Waals surface area contributed by atoms with Gasteiger partial charge in [0.2, 0.25) is 0 Å². The molecule has 1 aromatic carbocycles. The monoisotopic (exact) mass is 285 g/mol. The second kappa shape index (κ2) is 8.97. The second-order valence-corrected chi connectivity index (χ2v) is 5.05. The molecule has 1 atom stereocenters. The van der Waals surface area contributed by atoms with Gasteiger partial charge in [0.25, 0.3) is 0 Å². The number of esters is 1. The molecule has 0 fully saturated rings. The third-order valence-corrected chi connectivity index (χ3v) is 3.56. The molecular formula is C18H23NO2. The van der Waals surface area contributed by atoms with Crippen molar-refractivity contribution in [2.75, 3.05) is 7.11 Å². The lowest BCUT2D eigenvalue weighted by molar-refractivity contribution is -0.145. The number of unbranched alkanes of at least 4 members (excludes halogenated alkanes) is 3. The van der Waals surface area contributed by atoms with Gasteiger partial charge in [0.15, 0.2) is 5.41 Å². The number of nitriles is 1. The first-order valence-corrected chi connectivity index (χ1v) is 7.41. The summed E-state index contributed by atoms with van der Waals surface area (Å²) in [6.45, 7) is 2.16. The lowest BCUT2D eigenvalue weighted by Gasteiger charge is -2.22. The summed E-state index contributed by atoms with van der Waals surface area (Å²) in [4.78, 5) is 12.2. The van der Waals surface area contributed by atoms with Crippen LogP contribution in [0.3, 0.4) is 0 Å². The average Bonchev–Trinajstić information content (AvgIpc) is 2.55. The number of benzene rings is 1. The highest BCUT2D eigenvalue weighted by Gasteiger charge is 2.40. The molecule has 1 aromatic rings. The van der Waals surface area contributed by atoms with Gasteiger partial charge in [-0.1, -0.05) is 62.2 Å². The minimum Gasteiger partial charge on any atom is -0.468 e. The number of allylic oxidation sites excluding steroid dienone is 2. The fourth-order valence-corrected chi connectivity index (χ4v) is 2.26. The summed E-state index contributed by atoms with van der Waals surface area (Å²) >= 11 is 0. The maximum atomic E-state index is 12.2. The molecule has 0 aliphatic heterocycles. The van der Waals surface area contributed by atoms with Gasteiger partial charge < -0.3 is 4.74 Å². The molecule has 0 heterocycles. The largest absolute Gasteiger partial charge is 0.468 e. The molecule has 0 bridgehead atoms. The summed E-state index contributed by atoms with van der Waals surface area (Å²) in [7, 11) is 1.32. The summed E-state index contributed by atoms with van der Waals surface area (Å²) in [5.74, 6) is -0.505. The smallest absolute Gasteiger partial charge is 0.331 e. The van der Waals surface area contributed by atoms with Crippen LogP contribution < -0.4 is 0 Å². The van der Waals surface area contributed by atoms with Crippen molar-refractivity contribution in [2.24, 2.45) is 0 Å². The van der Waals surface area contributed by atoms with Gasteiger partial charge >= 0.3 is 5.97 Å². The third kappa shape index (κ3) is 4.46. The number of nitrogens with zero attached hydrogens (tertiary/aromatic N) is 1. The zero-order valence-electron chi connectivity index (χ0n) is 12.8. The van der Waals surface area contributed by atoms with Gasteiger partial charge in [0.05, 0.1) is 13.2 Å². The fourth-order valence-electron chi connectivity index (χ4n) is 2.26. The quantitative estimate of drug-likeness (QED) is 0.409. The van der Waals surface area contributed by atoms with Crippen molar-refractivity contribution >= 4 is 5.97 Å². The van der Waals surface area contributed by atoms with Crippen LogP contribution in [0.2, 0.25) is 0 Å². The number of carbonyl (C=O) groups is 1. The summed E-state index contributed by atoms with van der Waals surface area (Å²) in [5.41, 5.74) is -0.574. The Bertz CT molecular complexity index is 502. The molecule has 0 aliphatic rings. The molecule has 112 valence electrons. The van der Waals surface area contributed by atoms with Gasteiger partial charge in [-0.15, -0.1) is 0 Å². The van der Waals surface area contributed by atoms with Crippen LogP contribution >= 0.6 is 0 Å². The van der Waals surface area contributed by atoms with Gasteiger partial charge in [0.1, 0.15) is 0 Å². The molecule has 1 rings (SSSR count). The van der Waals surface area contributed by atoms with E-state index in [1.165, 1.54) is 20.0 Å². The van der Waals surface area contributed by atoms with Crippen molar-refractivity contribution in [1.82, 2.24) is 0 Å². The number of ether oxygens (including phenoxy) is 1. The van der Waals surface area contributed by atoms with Crippen molar-refractivity contribution in [3.63, 3.8) is 0 Å².